The van der Waals surface area contributed by atoms with Gasteiger partial charge in [0.1, 0.15) is 18.3 Å². The van der Waals surface area contributed by atoms with Gasteiger partial charge in [0, 0.05) is 0 Å². The van der Waals surface area contributed by atoms with E-state index in [0.29, 0.717) is 0 Å². The largest absolute Gasteiger partial charge is 0.490 e. The summed E-state index contributed by atoms with van der Waals surface area (Å²) in [6.45, 7) is -1.06. The predicted octanol–water partition coefficient (Wildman–Crippen LogP) is -1.68. The number of aliphatic hydroxyl groups excluding tert-OH is 2. The highest BCUT2D eigenvalue weighted by Crippen LogP contribution is 2.66. The van der Waals surface area contributed by atoms with Crippen LogP contribution in [0.5, 0.6) is 0 Å². The van der Waals surface area contributed by atoms with Crippen LogP contribution in [0, 0.1) is 0 Å². The molecule has 1 fully saturated rings. The average Bonchev–Trinajstić information content (AvgIpc) is 3.07. The van der Waals surface area contributed by atoms with Gasteiger partial charge in [-0.25, -0.2) is 18.7 Å². The van der Waals surface area contributed by atoms with E-state index >= 15 is 0 Å². The molecule has 186 valence electrons. The van der Waals surface area contributed by atoms with E-state index in [2.05, 4.69) is 28.1 Å². The zero-order valence-corrected chi connectivity index (χ0v) is 19.0. The number of hydrogen-bond acceptors (Lipinski definition) is 13. The minimum absolute atomic E-state index is 0.231. The molecule has 1 saturated heterocycles. The third kappa shape index (κ3) is 6.05. The number of halogens is 1. The monoisotopic (exact) mass is 557 g/mol. The Labute approximate surface area is 186 Å². The topological polar surface area (TPSA) is 299 Å². The van der Waals surface area contributed by atoms with E-state index in [1.54, 1.807) is 0 Å². The van der Waals surface area contributed by atoms with Crippen LogP contribution >= 0.6 is 35.1 Å². The zero-order valence-electron chi connectivity index (χ0n) is 15.6. The maximum Gasteiger partial charge on any atom is 0.490 e. The van der Waals surface area contributed by atoms with Crippen molar-refractivity contribution in [2.24, 2.45) is 0 Å². The minimum Gasteiger partial charge on any atom is -0.387 e. The van der Waals surface area contributed by atoms with E-state index in [9.17, 15) is 33.6 Å². The van der Waals surface area contributed by atoms with Crippen LogP contribution in [-0.2, 0) is 31.6 Å². The molecule has 33 heavy (non-hydrogen) atoms. The van der Waals surface area contributed by atoms with Gasteiger partial charge < -0.3 is 40.3 Å². The second kappa shape index (κ2) is 9.07. The maximum atomic E-state index is 11.9. The molecule has 0 spiro atoms. The maximum absolute atomic E-state index is 11.9. The lowest BCUT2D eigenvalue weighted by Crippen LogP contribution is -2.33. The van der Waals surface area contributed by atoms with Gasteiger partial charge in [-0.05, 0) is 11.6 Å². The number of nitrogens with one attached hydrogen (secondary N) is 1. The summed E-state index contributed by atoms with van der Waals surface area (Å²) in [6.07, 6.45) is -6.74. The Hall–Kier alpha value is -1.27. The van der Waals surface area contributed by atoms with Gasteiger partial charge in [0.15, 0.2) is 17.4 Å². The van der Waals surface area contributed by atoms with Crippen molar-refractivity contribution in [3.8, 4) is 0 Å². The van der Waals surface area contributed by atoms with Crippen molar-refractivity contribution in [2.45, 2.75) is 24.5 Å². The summed E-state index contributed by atoms with van der Waals surface area (Å²) in [5.41, 5.74) is 4.20. The lowest BCUT2D eigenvalue weighted by molar-refractivity contribution is -0.0501. The van der Waals surface area contributed by atoms with Crippen molar-refractivity contribution in [1.82, 2.24) is 19.5 Å². The Morgan fingerprint density at radius 2 is 1.73 bits per heavy atom. The Morgan fingerprint density at radius 3 is 2.33 bits per heavy atom. The summed E-state index contributed by atoms with van der Waals surface area (Å²) in [5, 5.41) is 20.1. The molecule has 19 nitrogen and oxygen atoms in total. The molecular formula is C10H15ClN5O14P3. The summed E-state index contributed by atoms with van der Waals surface area (Å²) >= 11 is 5.98. The predicted molar refractivity (Wildman–Crippen MR) is 103 cm³/mol. The van der Waals surface area contributed by atoms with Gasteiger partial charge in [0.05, 0.1) is 6.61 Å². The van der Waals surface area contributed by atoms with Crippen LogP contribution in [0.4, 0.5) is 5.95 Å². The number of aromatic nitrogens is 4. The number of phosphoric ester groups is 1. The quantitative estimate of drug-likeness (QED) is 0.133. The molecule has 3 rings (SSSR count). The Morgan fingerprint density at radius 1 is 1.09 bits per heavy atom. The van der Waals surface area contributed by atoms with E-state index in [1.165, 1.54) is 0 Å². The highest BCUT2D eigenvalue weighted by atomic mass is 35.5. The van der Waals surface area contributed by atoms with E-state index in [-0.39, 0.29) is 17.1 Å². The third-order valence-corrected chi connectivity index (χ3v) is 8.00. The first-order chi connectivity index (χ1) is 15.0. The molecule has 0 aromatic carbocycles. The summed E-state index contributed by atoms with van der Waals surface area (Å²) < 4.78 is 51.5. The molecule has 23 heteroatoms. The van der Waals surface area contributed by atoms with Gasteiger partial charge >= 0.3 is 23.5 Å². The van der Waals surface area contributed by atoms with Crippen molar-refractivity contribution in [3.63, 3.8) is 0 Å². The number of nitrogen functional groups attached to an aromatic ring is 1. The lowest BCUT2D eigenvalue weighted by atomic mass is 10.1. The number of anilines is 1. The van der Waals surface area contributed by atoms with Gasteiger partial charge in [0.2, 0.25) is 11.2 Å². The number of aliphatic hydroxyl groups is 2. The van der Waals surface area contributed by atoms with Crippen molar-refractivity contribution < 1.29 is 61.4 Å². The van der Waals surface area contributed by atoms with Crippen LogP contribution < -0.4 is 11.3 Å². The normalized spacial score (nSPS) is 27.5. The highest BCUT2D eigenvalue weighted by molar-refractivity contribution is 7.66. The van der Waals surface area contributed by atoms with E-state index < -0.39 is 65.5 Å². The number of aromatic amines is 1. The van der Waals surface area contributed by atoms with Crippen molar-refractivity contribution >= 4 is 52.2 Å². The summed E-state index contributed by atoms with van der Waals surface area (Å²) in [6, 6.07) is 0. The van der Waals surface area contributed by atoms with E-state index in [1.807, 2.05) is 0 Å². The number of nitrogens with two attached hydrogens (primary N) is 1. The average molecular weight is 558 g/mol. The fraction of sp³-hybridized carbons (Fsp3) is 0.500. The summed E-state index contributed by atoms with van der Waals surface area (Å²) in [4.78, 5) is 57.3. The molecule has 3 heterocycles. The Bertz CT molecular complexity index is 1260. The first kappa shape index (κ1) is 26.3. The van der Waals surface area contributed by atoms with Crippen molar-refractivity contribution in [1.29, 1.82) is 0 Å². The summed E-state index contributed by atoms with van der Waals surface area (Å²) in [7, 11) is -16.9. The number of hydrogen-bond donors (Lipinski definition) is 8. The lowest BCUT2D eigenvalue weighted by Gasteiger charge is -2.19. The molecule has 1 aliphatic rings. The molecule has 0 bridgehead atoms. The number of rotatable bonds is 8. The van der Waals surface area contributed by atoms with E-state index in [4.69, 9.17) is 36.8 Å². The van der Waals surface area contributed by atoms with Crippen LogP contribution in [0.3, 0.4) is 0 Å². The van der Waals surface area contributed by atoms with Crippen LogP contribution in [-0.4, -0.2) is 74.2 Å². The fourth-order valence-electron chi connectivity index (χ4n) is 2.75. The van der Waals surface area contributed by atoms with Gasteiger partial charge in [-0.15, -0.1) is 0 Å². The third-order valence-electron chi connectivity index (χ3n) is 3.94. The fourth-order valence-corrected chi connectivity index (χ4v) is 6.04. The molecule has 0 amide bonds. The molecule has 0 saturated carbocycles. The van der Waals surface area contributed by atoms with Gasteiger partial charge in [0.25, 0.3) is 5.56 Å². The molecule has 0 aliphatic carbocycles. The molecule has 2 aromatic heterocycles. The van der Waals surface area contributed by atoms with Crippen LogP contribution in [0.1, 0.15) is 6.23 Å². The molecule has 0 radical (unpaired) electrons. The van der Waals surface area contributed by atoms with Crippen LogP contribution in [0.25, 0.3) is 11.2 Å². The Balaban J connectivity index is 1.77. The van der Waals surface area contributed by atoms with Crippen molar-refractivity contribution in [2.75, 3.05) is 12.3 Å². The molecular weight excluding hydrogens is 543 g/mol. The van der Waals surface area contributed by atoms with Gasteiger partial charge in [-0.1, -0.05) is 0 Å². The Kier molecular flexibility index (Phi) is 7.24. The number of H-pyrrole nitrogens is 1. The second-order valence-electron chi connectivity index (χ2n) is 6.31. The van der Waals surface area contributed by atoms with Gasteiger partial charge in [-0.3, -0.25) is 18.9 Å². The first-order valence-electron chi connectivity index (χ1n) is 8.23. The molecule has 9 N–H and O–H groups in total. The minimum atomic E-state index is -5.76. The van der Waals surface area contributed by atoms with Crippen LogP contribution in [0.15, 0.2) is 4.79 Å². The standard InChI is InChI=1S/C10H15ClN5O14P3/c11-9-13-3-6(14-10(12)15-7(3)19)16(9)8-5(18)4(17)2(28-8)1-27-32(23,24)30-33(25,26)29-31(20,21)22/h2,4-5,8,17-18H,1H2,(H,23,24)(H,25,26)(H2,20,21,22)(H3,12,14,15,19)/t2-,4?,5?,8-/m1/s1. The van der Waals surface area contributed by atoms with E-state index in [0.717, 1.165) is 4.57 Å². The van der Waals surface area contributed by atoms with Gasteiger partial charge in [-0.2, -0.15) is 13.6 Å². The number of phosphoric acid groups is 3. The molecule has 1 aliphatic heterocycles. The SMILES string of the molecule is Nc1nc2c(nc(Cl)n2[C@@H]2O[C@H](COP(=O)(O)OP(=O)(O)OP(=O)(O)O)C(O)C2O)c(=O)[nH]1. The zero-order chi connectivity index (χ0) is 24.9. The molecule has 4 unspecified atom stereocenters. The molecule has 6 atom stereocenters. The number of ether oxygens (including phenoxy) is 1. The smallest absolute Gasteiger partial charge is 0.387 e. The number of imidazole rings is 1. The van der Waals surface area contributed by atoms with Crippen LogP contribution in [0.2, 0.25) is 5.28 Å². The molecule has 2 aromatic rings. The highest BCUT2D eigenvalue weighted by Gasteiger charge is 2.47. The number of nitrogens with zero attached hydrogens (tertiary/aromatic N) is 3. The van der Waals surface area contributed by atoms with Crippen molar-refractivity contribution in [3.05, 3.63) is 15.6 Å². The first-order valence-corrected chi connectivity index (χ1v) is 13.1. The second-order valence-corrected chi connectivity index (χ2v) is 11.1. The summed E-state index contributed by atoms with van der Waals surface area (Å²) in [5.74, 6) is -0.331. The number of fused-ring (bicyclic) bond motifs is 1.